The topological polar surface area (TPSA) is 0 Å². The molecule has 0 amide bonds. The predicted octanol–water partition coefficient (Wildman–Crippen LogP) is 4.69. The van der Waals surface area contributed by atoms with Crippen LogP contribution in [0.15, 0.2) is 109 Å². The fraction of sp³-hybridized carbons (Fsp3) is 0.333. The second kappa shape index (κ2) is 10.8. The molecule has 6 rings (SSSR count). The maximum atomic E-state index is 2.50. The van der Waals surface area contributed by atoms with Gasteiger partial charge in [-0.3, -0.25) is 0 Å². The van der Waals surface area contributed by atoms with Crippen LogP contribution in [0.4, 0.5) is 0 Å². The van der Waals surface area contributed by atoms with Crippen LogP contribution < -0.4 is 33.6 Å². The van der Waals surface area contributed by atoms with Gasteiger partial charge in [0.15, 0.2) is 0 Å². The number of hydrogen-bond donors (Lipinski definition) is 0. The van der Waals surface area contributed by atoms with Crippen molar-refractivity contribution in [1.82, 2.24) is 0 Å². The Hall–Kier alpha value is -1.97. The van der Waals surface area contributed by atoms with Crippen molar-refractivity contribution in [1.29, 1.82) is 0 Å². The van der Waals surface area contributed by atoms with Crippen molar-refractivity contribution in [3.05, 3.63) is 120 Å². The summed E-state index contributed by atoms with van der Waals surface area (Å²) in [5.74, 6) is 0. The number of fused-ring (bicyclic) bond motifs is 2. The van der Waals surface area contributed by atoms with Crippen molar-refractivity contribution in [3.63, 3.8) is 0 Å². The van der Waals surface area contributed by atoms with Crippen molar-refractivity contribution < 1.29 is 12.4 Å². The predicted molar refractivity (Wildman–Crippen MR) is 173 cm³/mol. The molecule has 0 N–H and O–H groups in total. The van der Waals surface area contributed by atoms with E-state index in [0.717, 1.165) is 0 Å². The maximum absolute atomic E-state index is 2.50. The molecule has 39 heavy (non-hydrogen) atoms. The van der Waals surface area contributed by atoms with E-state index in [0.29, 0.717) is 0 Å². The van der Waals surface area contributed by atoms with E-state index in [9.17, 15) is 0 Å². The van der Waals surface area contributed by atoms with Gasteiger partial charge in [0.1, 0.15) is 22.9 Å². The first kappa shape index (κ1) is 28.6. The summed E-state index contributed by atoms with van der Waals surface area (Å²) in [6.45, 7) is 9.84. The molecular formula is C36H42ClP2+. The third kappa shape index (κ3) is 4.82. The Morgan fingerprint density at radius 1 is 0.487 bits per heavy atom. The van der Waals surface area contributed by atoms with Crippen LogP contribution in [0.1, 0.15) is 51.7 Å². The average Bonchev–Trinajstić information content (AvgIpc) is 2.95. The van der Waals surface area contributed by atoms with Gasteiger partial charge in [-0.25, -0.2) is 0 Å². The SMILES string of the molecule is CC1(C)CC[P+](CC[P+]2(c3ccccc3)CCC(C)(C)c3ccccc32)(c2ccccc2)c2ccccc21.[Cl-]. The zero-order valence-electron chi connectivity index (χ0n) is 23.9. The second-order valence-electron chi connectivity index (χ2n) is 12.8. The highest BCUT2D eigenvalue weighted by Crippen LogP contribution is 2.68. The molecule has 0 saturated carbocycles. The summed E-state index contributed by atoms with van der Waals surface area (Å²) in [5, 5.41) is 6.58. The smallest absolute Gasteiger partial charge is 0.103 e. The molecule has 0 aliphatic carbocycles. The lowest BCUT2D eigenvalue weighted by atomic mass is 9.82. The van der Waals surface area contributed by atoms with Gasteiger partial charge in [-0.05, 0) is 60.1 Å². The Morgan fingerprint density at radius 2 is 0.821 bits per heavy atom. The molecule has 0 nitrogen and oxygen atoms in total. The third-order valence-electron chi connectivity index (χ3n) is 9.79. The summed E-state index contributed by atoms with van der Waals surface area (Å²) in [6.07, 6.45) is 7.80. The van der Waals surface area contributed by atoms with Crippen LogP contribution in [0.25, 0.3) is 0 Å². The minimum atomic E-state index is -1.56. The standard InChI is InChI=1S/C36H42P2.ClH/c1-35(2)23-25-37(29-15-7-5-8-16-29,33-21-13-11-19-31(33)35)27-28-38(30-17-9-6-10-18-30)26-24-36(3,4)32-20-12-14-22-34(32)38;/h5-22H,23-28H2,1-4H3;1H/q+2;/p-1. The van der Waals surface area contributed by atoms with E-state index in [1.54, 1.807) is 32.3 Å². The van der Waals surface area contributed by atoms with E-state index in [4.69, 9.17) is 0 Å². The summed E-state index contributed by atoms with van der Waals surface area (Å²) < 4.78 is 0. The van der Waals surface area contributed by atoms with Crippen molar-refractivity contribution in [2.24, 2.45) is 0 Å². The molecule has 4 aromatic carbocycles. The first-order valence-corrected chi connectivity index (χ1v) is 18.7. The van der Waals surface area contributed by atoms with Gasteiger partial charge in [-0.15, -0.1) is 0 Å². The molecule has 2 unspecified atom stereocenters. The molecule has 0 radical (unpaired) electrons. The summed E-state index contributed by atoms with van der Waals surface area (Å²) in [5.41, 5.74) is 3.67. The van der Waals surface area contributed by atoms with E-state index >= 15 is 0 Å². The normalized spacial score (nSPS) is 24.6. The molecule has 0 fully saturated rings. The Morgan fingerprint density at radius 3 is 1.21 bits per heavy atom. The van der Waals surface area contributed by atoms with E-state index in [1.165, 1.54) is 37.5 Å². The number of halogens is 1. The Labute approximate surface area is 243 Å². The highest BCUT2D eigenvalue weighted by atomic mass is 35.5. The van der Waals surface area contributed by atoms with Gasteiger partial charge in [0.05, 0.1) is 37.5 Å². The molecule has 2 atom stereocenters. The largest absolute Gasteiger partial charge is 1.00 e. The van der Waals surface area contributed by atoms with Gasteiger partial charge in [0.2, 0.25) is 0 Å². The molecule has 202 valence electrons. The van der Waals surface area contributed by atoms with Crippen molar-refractivity contribution in [2.75, 3.05) is 24.6 Å². The molecule has 0 aromatic heterocycles. The molecule has 2 aliphatic rings. The molecule has 2 heterocycles. The lowest BCUT2D eigenvalue weighted by Gasteiger charge is -2.43. The van der Waals surface area contributed by atoms with Gasteiger partial charge >= 0.3 is 0 Å². The monoisotopic (exact) mass is 571 g/mol. The zero-order chi connectivity index (χ0) is 26.4. The Balaban J connectivity index is 0.00000308. The van der Waals surface area contributed by atoms with Crippen LogP contribution >= 0.6 is 14.5 Å². The van der Waals surface area contributed by atoms with Crippen LogP contribution in [-0.4, -0.2) is 24.6 Å². The van der Waals surface area contributed by atoms with Gasteiger partial charge < -0.3 is 12.4 Å². The minimum absolute atomic E-state index is 0. The third-order valence-corrected chi connectivity index (χ3v) is 19.3. The van der Waals surface area contributed by atoms with E-state index in [2.05, 4.69) is 137 Å². The molecule has 0 spiro atoms. The Bertz CT molecular complexity index is 1320. The van der Waals surface area contributed by atoms with Gasteiger partial charge in [-0.1, -0.05) is 100 Å². The maximum Gasteiger partial charge on any atom is 0.103 e. The molecule has 4 aromatic rings. The van der Waals surface area contributed by atoms with Crippen LogP contribution in [0.5, 0.6) is 0 Å². The fourth-order valence-corrected chi connectivity index (χ4v) is 18.8. The minimum Gasteiger partial charge on any atom is -1.00 e. The quantitative estimate of drug-likeness (QED) is 0.305. The van der Waals surface area contributed by atoms with E-state index < -0.39 is 14.5 Å². The van der Waals surface area contributed by atoms with Gasteiger partial charge in [-0.2, -0.15) is 0 Å². The average molecular weight is 572 g/mol. The van der Waals surface area contributed by atoms with Gasteiger partial charge in [0, 0.05) is 11.1 Å². The fourth-order valence-electron chi connectivity index (χ4n) is 7.32. The van der Waals surface area contributed by atoms with E-state index in [1.807, 2.05) is 0 Å². The summed E-state index contributed by atoms with van der Waals surface area (Å²) in [7, 11) is -3.12. The first-order chi connectivity index (χ1) is 18.3. The zero-order valence-corrected chi connectivity index (χ0v) is 26.5. The Kier molecular flexibility index (Phi) is 7.90. The summed E-state index contributed by atoms with van der Waals surface area (Å²) >= 11 is 0. The van der Waals surface area contributed by atoms with E-state index in [-0.39, 0.29) is 23.2 Å². The molecular weight excluding hydrogens is 530 g/mol. The lowest BCUT2D eigenvalue weighted by molar-refractivity contribution is -0.00000808. The second-order valence-corrected chi connectivity index (χ2v) is 20.5. The van der Waals surface area contributed by atoms with Gasteiger partial charge in [0.25, 0.3) is 0 Å². The van der Waals surface area contributed by atoms with Crippen molar-refractivity contribution in [3.8, 4) is 0 Å². The molecule has 0 bridgehead atoms. The van der Waals surface area contributed by atoms with Crippen molar-refractivity contribution >= 4 is 35.7 Å². The lowest BCUT2D eigenvalue weighted by Crippen LogP contribution is -3.00. The number of rotatable bonds is 5. The van der Waals surface area contributed by atoms with Crippen LogP contribution in [0.2, 0.25) is 0 Å². The van der Waals surface area contributed by atoms with Crippen molar-refractivity contribution in [2.45, 2.75) is 51.4 Å². The highest BCUT2D eigenvalue weighted by molar-refractivity contribution is 7.93. The number of benzene rings is 4. The van der Waals surface area contributed by atoms with Crippen LogP contribution in [0, 0.1) is 0 Å². The summed E-state index contributed by atoms with van der Waals surface area (Å²) in [4.78, 5) is 0. The number of hydrogen-bond acceptors (Lipinski definition) is 0. The van der Waals surface area contributed by atoms with Crippen LogP contribution in [0.3, 0.4) is 0 Å². The molecule has 0 saturated heterocycles. The first-order valence-electron chi connectivity index (χ1n) is 14.3. The summed E-state index contributed by atoms with van der Waals surface area (Å²) in [6, 6.07) is 42.3. The molecule has 2 aliphatic heterocycles. The highest BCUT2D eigenvalue weighted by Gasteiger charge is 2.56. The van der Waals surface area contributed by atoms with Crippen LogP contribution in [-0.2, 0) is 10.8 Å². The molecule has 3 heteroatoms.